The van der Waals surface area contributed by atoms with Gasteiger partial charge < -0.3 is 5.32 Å². The van der Waals surface area contributed by atoms with E-state index in [0.29, 0.717) is 6.54 Å². The van der Waals surface area contributed by atoms with Crippen molar-refractivity contribution in [2.45, 2.75) is 16.7 Å². The first-order chi connectivity index (χ1) is 9.73. The number of nitrogens with zero attached hydrogens (tertiary/aromatic N) is 1. The Bertz CT molecular complexity index is 675. The van der Waals surface area contributed by atoms with Crippen molar-refractivity contribution in [1.82, 2.24) is 14.3 Å². The van der Waals surface area contributed by atoms with Crippen LogP contribution in [0.1, 0.15) is 6.92 Å². The van der Waals surface area contributed by atoms with Crippen LogP contribution in [0.5, 0.6) is 0 Å². The van der Waals surface area contributed by atoms with Gasteiger partial charge in [0.1, 0.15) is 9.79 Å². The first-order valence-electron chi connectivity index (χ1n) is 6.45. The summed E-state index contributed by atoms with van der Waals surface area (Å²) in [6, 6.07) is 5.56. The fourth-order valence-corrected chi connectivity index (χ4v) is 4.34. The molecule has 10 heteroatoms. The van der Waals surface area contributed by atoms with Crippen LogP contribution in [0.15, 0.2) is 34.1 Å². The van der Waals surface area contributed by atoms with Crippen molar-refractivity contribution in [1.29, 1.82) is 0 Å². The van der Waals surface area contributed by atoms with Crippen molar-refractivity contribution >= 4 is 32.5 Å². The van der Waals surface area contributed by atoms with Gasteiger partial charge in [0, 0.05) is 27.2 Å². The number of sulfonamides is 2. The molecule has 1 aromatic carbocycles. The van der Waals surface area contributed by atoms with E-state index in [4.69, 9.17) is 0 Å². The Kier molecular flexibility index (Phi) is 8.52. The maximum Gasteiger partial charge on any atom is 0.243 e. The summed E-state index contributed by atoms with van der Waals surface area (Å²) in [4.78, 5) is -0.471. The topological polar surface area (TPSA) is 95.6 Å². The molecule has 128 valence electrons. The number of hydrogen-bond donors (Lipinski definition) is 2. The van der Waals surface area contributed by atoms with E-state index in [-0.39, 0.29) is 28.7 Å². The minimum atomic E-state index is -3.88. The maximum absolute atomic E-state index is 12.3. The summed E-state index contributed by atoms with van der Waals surface area (Å²) in [5, 5.41) is 2.98. The average molecular weight is 372 g/mol. The summed E-state index contributed by atoms with van der Waals surface area (Å²) < 4.78 is 52.3. The summed E-state index contributed by atoms with van der Waals surface area (Å²) in [6.07, 6.45) is 0. The second-order valence-electron chi connectivity index (χ2n) is 4.49. The third-order valence-electron chi connectivity index (χ3n) is 2.74. The molecule has 0 heterocycles. The number of nitrogens with one attached hydrogen (secondary N) is 2. The average Bonchev–Trinajstić information content (AvgIpc) is 2.43. The molecule has 2 N–H and O–H groups in total. The highest BCUT2D eigenvalue weighted by Crippen LogP contribution is 2.22. The van der Waals surface area contributed by atoms with Gasteiger partial charge in [-0.25, -0.2) is 25.9 Å². The van der Waals surface area contributed by atoms with Gasteiger partial charge in [0.05, 0.1) is 0 Å². The Balaban J connectivity index is 0.00000441. The fraction of sp³-hybridized carbons (Fsp3) is 0.500. The molecule has 22 heavy (non-hydrogen) atoms. The van der Waals surface area contributed by atoms with E-state index >= 15 is 0 Å². The molecule has 0 radical (unpaired) electrons. The van der Waals surface area contributed by atoms with Crippen LogP contribution >= 0.6 is 12.4 Å². The Morgan fingerprint density at radius 1 is 1.00 bits per heavy atom. The first-order valence-corrected chi connectivity index (χ1v) is 9.37. The van der Waals surface area contributed by atoms with E-state index in [1.54, 1.807) is 0 Å². The zero-order chi connectivity index (χ0) is 16.1. The summed E-state index contributed by atoms with van der Waals surface area (Å²) in [5.41, 5.74) is 0. The number of benzene rings is 1. The fourth-order valence-electron chi connectivity index (χ4n) is 1.61. The quantitative estimate of drug-likeness (QED) is 0.638. The third-order valence-corrected chi connectivity index (χ3v) is 6.26. The SMILES string of the molecule is CCNCCNS(=O)(=O)c1ccccc1S(=O)(=O)N(C)C.Cl. The summed E-state index contributed by atoms with van der Waals surface area (Å²) in [7, 11) is -4.99. The summed E-state index contributed by atoms with van der Waals surface area (Å²) in [6.45, 7) is 3.30. The first kappa shape index (κ1) is 21.3. The van der Waals surface area contributed by atoms with E-state index in [0.717, 1.165) is 10.8 Å². The van der Waals surface area contributed by atoms with E-state index in [1.165, 1.54) is 38.4 Å². The van der Waals surface area contributed by atoms with Crippen molar-refractivity contribution in [3.05, 3.63) is 24.3 Å². The Morgan fingerprint density at radius 2 is 1.55 bits per heavy atom. The summed E-state index contributed by atoms with van der Waals surface area (Å²) in [5.74, 6) is 0. The van der Waals surface area contributed by atoms with E-state index in [1.807, 2.05) is 6.92 Å². The molecule has 0 fully saturated rings. The molecule has 0 aliphatic carbocycles. The Hall–Kier alpha value is -0.710. The van der Waals surface area contributed by atoms with Gasteiger partial charge in [-0.3, -0.25) is 0 Å². The van der Waals surface area contributed by atoms with Crippen LogP contribution in [-0.2, 0) is 20.0 Å². The molecule has 7 nitrogen and oxygen atoms in total. The Labute approximate surface area is 138 Å². The standard InChI is InChI=1S/C12H21N3O4S2.ClH/c1-4-13-9-10-14-20(16,17)11-7-5-6-8-12(11)21(18,19)15(2)3;/h5-8,13-14H,4,9-10H2,1-3H3;1H. The Morgan fingerprint density at radius 3 is 2.05 bits per heavy atom. The molecule has 0 spiro atoms. The zero-order valence-corrected chi connectivity index (χ0v) is 15.2. The van der Waals surface area contributed by atoms with Gasteiger partial charge in [-0.2, -0.15) is 0 Å². The van der Waals surface area contributed by atoms with Gasteiger partial charge in [-0.15, -0.1) is 12.4 Å². The normalized spacial score (nSPS) is 12.2. The molecule has 1 aromatic rings. The highest BCUT2D eigenvalue weighted by Gasteiger charge is 2.27. The van der Waals surface area contributed by atoms with Gasteiger partial charge in [-0.1, -0.05) is 19.1 Å². The molecule has 0 unspecified atom stereocenters. The highest BCUT2D eigenvalue weighted by atomic mass is 35.5. The number of rotatable bonds is 8. The van der Waals surface area contributed by atoms with Crippen molar-refractivity contribution < 1.29 is 16.8 Å². The minimum Gasteiger partial charge on any atom is -0.316 e. The smallest absolute Gasteiger partial charge is 0.243 e. The lowest BCUT2D eigenvalue weighted by Gasteiger charge is -2.15. The van der Waals surface area contributed by atoms with Crippen LogP contribution in [0.2, 0.25) is 0 Å². The molecule has 1 rings (SSSR count). The maximum atomic E-state index is 12.3. The molecule has 0 saturated carbocycles. The zero-order valence-electron chi connectivity index (χ0n) is 12.7. The largest absolute Gasteiger partial charge is 0.316 e. The molecule has 0 amide bonds. The van der Waals surface area contributed by atoms with Crippen LogP contribution in [0, 0.1) is 0 Å². The van der Waals surface area contributed by atoms with Gasteiger partial charge in [-0.05, 0) is 18.7 Å². The van der Waals surface area contributed by atoms with Crippen LogP contribution in [0.25, 0.3) is 0 Å². The lowest BCUT2D eigenvalue weighted by molar-refractivity contribution is 0.516. The predicted molar refractivity (Wildman–Crippen MR) is 88.3 cm³/mol. The lowest BCUT2D eigenvalue weighted by atomic mass is 10.4. The van der Waals surface area contributed by atoms with Crippen LogP contribution in [0.4, 0.5) is 0 Å². The number of likely N-dealkylation sites (N-methyl/N-ethyl adjacent to an activating group) is 1. The van der Waals surface area contributed by atoms with Crippen molar-refractivity contribution in [2.24, 2.45) is 0 Å². The molecule has 0 bridgehead atoms. The second-order valence-corrected chi connectivity index (χ2v) is 8.34. The van der Waals surface area contributed by atoms with Crippen molar-refractivity contribution in [2.75, 3.05) is 33.7 Å². The molecule has 0 aromatic heterocycles. The number of halogens is 1. The van der Waals surface area contributed by atoms with Crippen molar-refractivity contribution in [3.63, 3.8) is 0 Å². The second kappa shape index (κ2) is 8.80. The van der Waals surface area contributed by atoms with E-state index < -0.39 is 20.0 Å². The predicted octanol–water partition coefficient (Wildman–Crippen LogP) is 0.247. The van der Waals surface area contributed by atoms with Crippen LogP contribution in [-0.4, -0.2) is 54.9 Å². The monoisotopic (exact) mass is 371 g/mol. The van der Waals surface area contributed by atoms with Gasteiger partial charge in [0.15, 0.2) is 0 Å². The van der Waals surface area contributed by atoms with E-state index in [9.17, 15) is 16.8 Å². The number of hydrogen-bond acceptors (Lipinski definition) is 5. The van der Waals surface area contributed by atoms with E-state index in [2.05, 4.69) is 10.0 Å². The molecular formula is C12H22ClN3O4S2. The van der Waals surface area contributed by atoms with Gasteiger partial charge >= 0.3 is 0 Å². The van der Waals surface area contributed by atoms with Crippen LogP contribution in [0.3, 0.4) is 0 Å². The summed E-state index contributed by atoms with van der Waals surface area (Å²) >= 11 is 0. The van der Waals surface area contributed by atoms with Gasteiger partial charge in [0.2, 0.25) is 20.0 Å². The molecule has 0 saturated heterocycles. The molecule has 0 aliphatic rings. The van der Waals surface area contributed by atoms with Crippen molar-refractivity contribution in [3.8, 4) is 0 Å². The third kappa shape index (κ3) is 5.18. The molecular weight excluding hydrogens is 350 g/mol. The molecule has 0 atom stereocenters. The highest BCUT2D eigenvalue weighted by molar-refractivity contribution is 7.92. The van der Waals surface area contributed by atoms with Gasteiger partial charge in [0.25, 0.3) is 0 Å². The lowest BCUT2D eigenvalue weighted by Crippen LogP contribution is -2.33. The minimum absolute atomic E-state index is 0. The molecule has 0 aliphatic heterocycles. The van der Waals surface area contributed by atoms with Crippen LogP contribution < -0.4 is 10.0 Å².